The third-order valence-corrected chi connectivity index (χ3v) is 6.99. The molecule has 0 unspecified atom stereocenters. The number of H-pyrrole nitrogens is 1. The van der Waals surface area contributed by atoms with Crippen molar-refractivity contribution in [1.82, 2.24) is 24.3 Å². The molecule has 1 amide bonds. The Morgan fingerprint density at radius 1 is 1.10 bits per heavy atom. The minimum Gasteiger partial charge on any atom is -0.482 e. The molecule has 218 valence electrons. The van der Waals surface area contributed by atoms with Crippen molar-refractivity contribution in [2.75, 3.05) is 11.9 Å². The van der Waals surface area contributed by atoms with Crippen LogP contribution >= 0.6 is 0 Å². The Labute approximate surface area is 237 Å². The number of aromatic amines is 1. The number of rotatable bonds is 7. The van der Waals surface area contributed by atoms with Crippen LogP contribution < -0.4 is 15.3 Å². The molecule has 3 aromatic carbocycles. The lowest BCUT2D eigenvalue weighted by atomic mass is 9.99. The number of nitrogens with zero attached hydrogens (tertiary/aromatic N) is 5. The Kier molecular flexibility index (Phi) is 7.35. The van der Waals surface area contributed by atoms with Gasteiger partial charge in [0.05, 0.1) is 16.6 Å². The molecule has 42 heavy (non-hydrogen) atoms. The van der Waals surface area contributed by atoms with Gasteiger partial charge in [0.1, 0.15) is 19.5 Å². The lowest BCUT2D eigenvalue weighted by Crippen LogP contribution is -2.34. The van der Waals surface area contributed by atoms with Crippen LogP contribution in [0, 0.1) is 19.7 Å². The minimum absolute atomic E-state index is 0.00189. The normalized spacial score (nSPS) is 11.7. The van der Waals surface area contributed by atoms with Crippen molar-refractivity contribution in [3.8, 4) is 16.9 Å². The second-order valence-corrected chi connectivity index (χ2v) is 9.93. The maximum Gasteiger partial charge on any atom is 0.416 e. The van der Waals surface area contributed by atoms with Crippen LogP contribution in [0.15, 0.2) is 59.7 Å². The molecule has 9 nitrogen and oxygen atoms in total. The first-order chi connectivity index (χ1) is 19.8. The van der Waals surface area contributed by atoms with Gasteiger partial charge in [0.2, 0.25) is 5.91 Å². The summed E-state index contributed by atoms with van der Waals surface area (Å²) in [6.07, 6.45) is -3.18. The van der Waals surface area contributed by atoms with Crippen molar-refractivity contribution < 1.29 is 27.1 Å². The highest BCUT2D eigenvalue weighted by molar-refractivity contribution is 5.96. The van der Waals surface area contributed by atoms with E-state index in [-0.39, 0.29) is 24.6 Å². The Balaban J connectivity index is 1.49. The van der Waals surface area contributed by atoms with Gasteiger partial charge in [0.25, 0.3) is 0 Å². The summed E-state index contributed by atoms with van der Waals surface area (Å²) in [6.45, 7) is 3.16. The molecule has 0 saturated carbocycles. The number of benzene rings is 3. The van der Waals surface area contributed by atoms with E-state index in [1.54, 1.807) is 26.1 Å². The second-order valence-electron chi connectivity index (χ2n) is 9.93. The summed E-state index contributed by atoms with van der Waals surface area (Å²) in [5.74, 6) is -0.616. The van der Waals surface area contributed by atoms with Crippen LogP contribution in [0.5, 0.6) is 5.75 Å². The topological polar surface area (TPSA) is 98.0 Å². The number of hydrogen-bond donors (Lipinski definition) is 1. The number of nitrogens with one attached hydrogen (secondary N) is 1. The molecule has 2 heterocycles. The number of carbonyl (C=O) groups excluding carboxylic acids is 1. The van der Waals surface area contributed by atoms with Crippen LogP contribution in [0.4, 0.5) is 23.2 Å². The molecule has 2 aromatic heterocycles. The molecule has 1 N–H and O–H groups in total. The quantitative estimate of drug-likeness (QED) is 0.268. The molecule has 0 aliphatic rings. The summed E-state index contributed by atoms with van der Waals surface area (Å²) in [7, 11) is 2.98. The number of hydrogen-bond acceptors (Lipinski definition) is 5. The van der Waals surface area contributed by atoms with Gasteiger partial charge in [-0.3, -0.25) is 19.0 Å². The van der Waals surface area contributed by atoms with E-state index in [9.17, 15) is 22.8 Å². The molecular weight excluding hydrogens is 556 g/mol. The molecule has 0 fully saturated rings. The molecule has 0 spiro atoms. The number of alkyl halides is 3. The lowest BCUT2D eigenvalue weighted by molar-refractivity contribution is -0.137. The third kappa shape index (κ3) is 5.37. The monoisotopic (exact) mass is 582 g/mol. The van der Waals surface area contributed by atoms with Gasteiger partial charge in [0, 0.05) is 25.3 Å². The standard InChI is InChI=1S/C29H26F4N6O3/c1-16-9-21(18-11-17(2)27(22(30)12-18)42-14-24-34-15-35-36-24)26-23(10-16)39(28(41)38(26)4)13-25(40)37(3)20-7-5-19(6-8-20)29(31,32)33/h5-12,15H,13-14H2,1-4H3,(H,34,35,36). The van der Waals surface area contributed by atoms with E-state index in [0.29, 0.717) is 33.5 Å². The lowest BCUT2D eigenvalue weighted by Gasteiger charge is -2.18. The molecule has 13 heteroatoms. The average molecular weight is 583 g/mol. The van der Waals surface area contributed by atoms with Crippen LogP contribution in [-0.2, 0) is 31.2 Å². The van der Waals surface area contributed by atoms with Gasteiger partial charge in [-0.1, -0.05) is 0 Å². The first-order valence-electron chi connectivity index (χ1n) is 12.8. The zero-order valence-electron chi connectivity index (χ0n) is 23.1. The van der Waals surface area contributed by atoms with Crippen LogP contribution in [0.1, 0.15) is 22.5 Å². The molecule has 0 aliphatic carbocycles. The van der Waals surface area contributed by atoms with Crippen molar-refractivity contribution >= 4 is 22.6 Å². The summed E-state index contributed by atoms with van der Waals surface area (Å²) < 4.78 is 62.4. The molecule has 5 aromatic rings. The van der Waals surface area contributed by atoms with E-state index < -0.39 is 29.2 Å². The first-order valence-corrected chi connectivity index (χ1v) is 12.8. The summed E-state index contributed by atoms with van der Waals surface area (Å²) in [5.41, 5.74) is 2.26. The van der Waals surface area contributed by atoms with E-state index >= 15 is 4.39 Å². The molecule has 0 atom stereocenters. The molecule has 0 aliphatic heterocycles. The van der Waals surface area contributed by atoms with Gasteiger partial charge >= 0.3 is 11.9 Å². The number of aromatic nitrogens is 5. The van der Waals surface area contributed by atoms with E-state index in [4.69, 9.17) is 4.74 Å². The number of likely N-dealkylation sites (N-methyl/N-ethyl adjacent to an activating group) is 1. The highest BCUT2D eigenvalue weighted by Crippen LogP contribution is 2.35. The van der Waals surface area contributed by atoms with Gasteiger partial charge in [-0.2, -0.15) is 18.3 Å². The number of aryl methyl sites for hydroxylation is 3. The van der Waals surface area contributed by atoms with E-state index in [1.807, 2.05) is 13.0 Å². The number of fused-ring (bicyclic) bond motifs is 1. The number of carbonyl (C=O) groups is 1. The first kappa shape index (κ1) is 28.6. The van der Waals surface area contributed by atoms with Crippen molar-refractivity contribution in [3.63, 3.8) is 0 Å². The molecule has 0 radical (unpaired) electrons. The zero-order chi connectivity index (χ0) is 30.3. The predicted molar refractivity (Wildman–Crippen MR) is 148 cm³/mol. The second kappa shape index (κ2) is 10.8. The molecule has 0 saturated heterocycles. The van der Waals surface area contributed by atoms with Crippen molar-refractivity contribution in [2.45, 2.75) is 33.2 Å². The summed E-state index contributed by atoms with van der Waals surface area (Å²) in [6, 6.07) is 10.8. The smallest absolute Gasteiger partial charge is 0.416 e. The highest BCUT2D eigenvalue weighted by Gasteiger charge is 2.30. The van der Waals surface area contributed by atoms with Gasteiger partial charge < -0.3 is 9.64 Å². The fourth-order valence-electron chi connectivity index (χ4n) is 4.84. The summed E-state index contributed by atoms with van der Waals surface area (Å²) >= 11 is 0. The Hall–Kier alpha value is -4.94. The maximum atomic E-state index is 15.3. The van der Waals surface area contributed by atoms with Crippen LogP contribution in [0.25, 0.3) is 22.2 Å². The molecule has 5 rings (SSSR count). The SMILES string of the molecule is Cc1cc(-c2cc(C)c(OCc3ncn[nH]3)c(F)c2)c2c(c1)n(CC(=O)N(C)c1ccc(C(F)(F)F)cc1)c(=O)n2C. The fraction of sp³-hybridized carbons (Fsp3) is 0.241. The van der Waals surface area contributed by atoms with Crippen molar-refractivity contribution in [2.24, 2.45) is 7.05 Å². The van der Waals surface area contributed by atoms with E-state index in [1.165, 1.54) is 45.6 Å². The summed E-state index contributed by atoms with van der Waals surface area (Å²) in [4.78, 5) is 31.7. The maximum absolute atomic E-state index is 15.3. The number of amides is 1. The molecule has 0 bridgehead atoms. The van der Waals surface area contributed by atoms with E-state index in [0.717, 1.165) is 17.7 Å². The van der Waals surface area contributed by atoms with Crippen LogP contribution in [-0.4, -0.2) is 37.3 Å². The number of anilines is 1. The molecular formula is C29H26F4N6O3. The number of halogens is 4. The third-order valence-electron chi connectivity index (χ3n) is 6.99. The van der Waals surface area contributed by atoms with E-state index in [2.05, 4.69) is 15.2 Å². The minimum atomic E-state index is -4.50. The number of imidazole rings is 1. The summed E-state index contributed by atoms with van der Waals surface area (Å²) in [5, 5.41) is 6.39. The van der Waals surface area contributed by atoms with Gasteiger partial charge in [-0.05, 0) is 79.1 Å². The number of ether oxygens (including phenoxy) is 1. The Morgan fingerprint density at radius 3 is 2.43 bits per heavy atom. The van der Waals surface area contributed by atoms with Gasteiger partial charge in [-0.25, -0.2) is 14.2 Å². The van der Waals surface area contributed by atoms with Crippen LogP contribution in [0.3, 0.4) is 0 Å². The van der Waals surface area contributed by atoms with Gasteiger partial charge in [0.15, 0.2) is 17.4 Å². The Morgan fingerprint density at radius 2 is 1.81 bits per heavy atom. The highest BCUT2D eigenvalue weighted by atomic mass is 19.4. The predicted octanol–water partition coefficient (Wildman–Crippen LogP) is 5.14. The van der Waals surface area contributed by atoms with Crippen molar-refractivity contribution in [1.29, 1.82) is 0 Å². The van der Waals surface area contributed by atoms with Gasteiger partial charge in [-0.15, -0.1) is 0 Å². The van der Waals surface area contributed by atoms with Crippen LogP contribution in [0.2, 0.25) is 0 Å². The zero-order valence-corrected chi connectivity index (χ0v) is 23.1. The fourth-order valence-corrected chi connectivity index (χ4v) is 4.84. The largest absolute Gasteiger partial charge is 0.482 e. The average Bonchev–Trinajstić information content (AvgIpc) is 3.54. The van der Waals surface area contributed by atoms with Crippen molar-refractivity contribution in [3.05, 3.63) is 93.7 Å². The Bertz CT molecular complexity index is 1820.